The zero-order valence-corrected chi connectivity index (χ0v) is 18.4. The SMILES string of the molecule is CC(NC(=O)C(C)N(c1ccc(F)c(F)c1)S(C)(=O)=O)c1ccc(S(C)(=O)=O)cc1. The molecule has 30 heavy (non-hydrogen) atoms. The number of carbonyl (C=O) groups excluding carboxylic acids is 1. The first kappa shape index (κ1) is 23.7. The van der Waals surface area contributed by atoms with Gasteiger partial charge in [-0.2, -0.15) is 0 Å². The van der Waals surface area contributed by atoms with Gasteiger partial charge in [0.25, 0.3) is 0 Å². The summed E-state index contributed by atoms with van der Waals surface area (Å²) in [6.45, 7) is 2.96. The lowest BCUT2D eigenvalue weighted by Gasteiger charge is -2.29. The van der Waals surface area contributed by atoms with Crippen molar-refractivity contribution in [1.82, 2.24) is 5.32 Å². The van der Waals surface area contributed by atoms with Gasteiger partial charge in [-0.3, -0.25) is 9.10 Å². The fraction of sp³-hybridized carbons (Fsp3) is 0.316. The summed E-state index contributed by atoms with van der Waals surface area (Å²) in [6.07, 6.45) is 1.93. The van der Waals surface area contributed by atoms with Crippen LogP contribution in [0.4, 0.5) is 14.5 Å². The van der Waals surface area contributed by atoms with Crippen LogP contribution in [0, 0.1) is 11.6 Å². The molecule has 2 rings (SSSR count). The first-order chi connectivity index (χ1) is 13.7. The summed E-state index contributed by atoms with van der Waals surface area (Å²) in [5, 5.41) is 2.64. The molecule has 0 saturated heterocycles. The quantitative estimate of drug-likeness (QED) is 0.684. The van der Waals surface area contributed by atoms with Crippen LogP contribution in [0.15, 0.2) is 47.4 Å². The molecule has 0 saturated carbocycles. The van der Waals surface area contributed by atoms with Crippen LogP contribution in [0.3, 0.4) is 0 Å². The van der Waals surface area contributed by atoms with Gasteiger partial charge in [0.15, 0.2) is 21.5 Å². The predicted molar refractivity (Wildman–Crippen MR) is 109 cm³/mol. The number of benzene rings is 2. The molecule has 2 unspecified atom stereocenters. The molecule has 0 aromatic heterocycles. The molecular formula is C19H22F2N2O5S2. The number of rotatable bonds is 7. The summed E-state index contributed by atoms with van der Waals surface area (Å²) >= 11 is 0. The molecule has 0 fully saturated rings. The van der Waals surface area contributed by atoms with E-state index in [0.29, 0.717) is 15.9 Å². The summed E-state index contributed by atoms with van der Waals surface area (Å²) in [4.78, 5) is 12.8. The maximum absolute atomic E-state index is 13.6. The molecule has 0 aliphatic rings. The van der Waals surface area contributed by atoms with Crippen molar-refractivity contribution < 1.29 is 30.4 Å². The van der Waals surface area contributed by atoms with Crippen LogP contribution in [-0.2, 0) is 24.7 Å². The molecule has 0 bridgehead atoms. The van der Waals surface area contributed by atoms with E-state index in [2.05, 4.69) is 5.32 Å². The van der Waals surface area contributed by atoms with Gasteiger partial charge in [-0.1, -0.05) is 12.1 Å². The average molecular weight is 461 g/mol. The van der Waals surface area contributed by atoms with Gasteiger partial charge < -0.3 is 5.32 Å². The highest BCUT2D eigenvalue weighted by Crippen LogP contribution is 2.24. The molecule has 7 nitrogen and oxygen atoms in total. The molecule has 11 heteroatoms. The van der Waals surface area contributed by atoms with E-state index in [0.717, 1.165) is 24.6 Å². The van der Waals surface area contributed by atoms with Gasteiger partial charge in [0.2, 0.25) is 15.9 Å². The van der Waals surface area contributed by atoms with Gasteiger partial charge in [-0.15, -0.1) is 0 Å². The zero-order chi connectivity index (χ0) is 22.9. The Balaban J connectivity index is 2.25. The van der Waals surface area contributed by atoms with Crippen LogP contribution in [0.25, 0.3) is 0 Å². The molecule has 0 aliphatic carbocycles. The second-order valence-electron chi connectivity index (χ2n) is 6.90. The smallest absolute Gasteiger partial charge is 0.244 e. The summed E-state index contributed by atoms with van der Waals surface area (Å²) in [5.74, 6) is -3.06. The third kappa shape index (κ3) is 5.54. The fourth-order valence-electron chi connectivity index (χ4n) is 2.85. The minimum Gasteiger partial charge on any atom is -0.348 e. The summed E-state index contributed by atoms with van der Waals surface area (Å²) in [5.41, 5.74) is 0.408. The van der Waals surface area contributed by atoms with Crippen molar-refractivity contribution in [3.8, 4) is 0 Å². The van der Waals surface area contributed by atoms with E-state index in [9.17, 15) is 30.4 Å². The van der Waals surface area contributed by atoms with Crippen molar-refractivity contribution in [2.24, 2.45) is 0 Å². The topological polar surface area (TPSA) is 101 Å². The van der Waals surface area contributed by atoms with Crippen molar-refractivity contribution in [3.63, 3.8) is 0 Å². The zero-order valence-electron chi connectivity index (χ0n) is 16.8. The molecule has 0 heterocycles. The van der Waals surface area contributed by atoms with E-state index >= 15 is 0 Å². The fourth-order valence-corrected chi connectivity index (χ4v) is 4.65. The average Bonchev–Trinajstić information content (AvgIpc) is 2.63. The number of halogens is 2. The minimum atomic E-state index is -4.00. The van der Waals surface area contributed by atoms with Crippen molar-refractivity contribution >= 4 is 31.5 Å². The molecule has 0 radical (unpaired) electrons. The lowest BCUT2D eigenvalue weighted by molar-refractivity contribution is -0.122. The number of anilines is 1. The molecule has 2 aromatic carbocycles. The van der Waals surface area contributed by atoms with E-state index in [1.54, 1.807) is 6.92 Å². The summed E-state index contributed by atoms with van der Waals surface area (Å²) < 4.78 is 75.1. The number of hydrogen-bond donors (Lipinski definition) is 1. The lowest BCUT2D eigenvalue weighted by atomic mass is 10.1. The highest BCUT2D eigenvalue weighted by Gasteiger charge is 2.30. The molecule has 1 N–H and O–H groups in total. The maximum atomic E-state index is 13.6. The van der Waals surface area contributed by atoms with Crippen molar-refractivity contribution in [2.75, 3.05) is 16.8 Å². The largest absolute Gasteiger partial charge is 0.348 e. The van der Waals surface area contributed by atoms with Crippen LogP contribution in [0.5, 0.6) is 0 Å². The number of amides is 1. The number of hydrogen-bond acceptors (Lipinski definition) is 5. The molecule has 164 valence electrons. The Morgan fingerprint density at radius 2 is 1.50 bits per heavy atom. The number of nitrogens with zero attached hydrogens (tertiary/aromatic N) is 1. The Morgan fingerprint density at radius 1 is 0.933 bits per heavy atom. The van der Waals surface area contributed by atoms with Gasteiger partial charge in [0.05, 0.1) is 22.9 Å². The van der Waals surface area contributed by atoms with Gasteiger partial charge in [-0.05, 0) is 43.7 Å². The monoisotopic (exact) mass is 460 g/mol. The third-order valence-electron chi connectivity index (χ3n) is 4.41. The second-order valence-corrected chi connectivity index (χ2v) is 10.8. The standard InChI is InChI=1S/C19H22F2N2O5S2/c1-12(14-5-8-16(9-6-14)29(3,25)26)22-19(24)13(2)23(30(4,27)28)15-7-10-17(20)18(21)11-15/h5-13H,1-4H3,(H,22,24). The summed E-state index contributed by atoms with van der Waals surface area (Å²) in [6, 6.07) is 6.60. The molecule has 0 aliphatic heterocycles. The van der Waals surface area contributed by atoms with Gasteiger partial charge >= 0.3 is 0 Å². The number of sulfone groups is 1. The molecule has 2 aromatic rings. The first-order valence-electron chi connectivity index (χ1n) is 8.76. The van der Waals surface area contributed by atoms with Crippen LogP contribution in [0.1, 0.15) is 25.5 Å². The molecule has 2 atom stereocenters. The molecule has 1 amide bonds. The second kappa shape index (κ2) is 8.68. The van der Waals surface area contributed by atoms with Gasteiger partial charge in [-0.25, -0.2) is 25.6 Å². The first-order valence-corrected chi connectivity index (χ1v) is 12.5. The van der Waals surface area contributed by atoms with E-state index in [1.165, 1.54) is 31.2 Å². The Hall–Kier alpha value is -2.53. The van der Waals surface area contributed by atoms with Crippen LogP contribution < -0.4 is 9.62 Å². The number of sulfonamides is 1. The minimum absolute atomic E-state index is 0.125. The van der Waals surface area contributed by atoms with Crippen molar-refractivity contribution in [2.45, 2.75) is 30.8 Å². The van der Waals surface area contributed by atoms with Crippen LogP contribution in [0.2, 0.25) is 0 Å². The highest BCUT2D eigenvalue weighted by molar-refractivity contribution is 7.92. The van der Waals surface area contributed by atoms with E-state index < -0.39 is 49.5 Å². The van der Waals surface area contributed by atoms with Crippen molar-refractivity contribution in [3.05, 3.63) is 59.7 Å². The van der Waals surface area contributed by atoms with E-state index in [-0.39, 0.29) is 10.6 Å². The van der Waals surface area contributed by atoms with Gasteiger partial charge in [0, 0.05) is 12.3 Å². The Kier molecular flexibility index (Phi) is 6.87. The van der Waals surface area contributed by atoms with Crippen molar-refractivity contribution in [1.29, 1.82) is 0 Å². The number of nitrogens with one attached hydrogen (secondary N) is 1. The Morgan fingerprint density at radius 3 is 1.97 bits per heavy atom. The van der Waals surface area contributed by atoms with E-state index in [4.69, 9.17) is 0 Å². The van der Waals surface area contributed by atoms with Gasteiger partial charge in [0.1, 0.15) is 6.04 Å². The van der Waals surface area contributed by atoms with Crippen LogP contribution in [-0.4, -0.2) is 41.3 Å². The highest BCUT2D eigenvalue weighted by atomic mass is 32.2. The Bertz CT molecular complexity index is 1150. The maximum Gasteiger partial charge on any atom is 0.244 e. The predicted octanol–water partition coefficient (Wildman–Crippen LogP) is 2.40. The Labute approximate surface area is 174 Å². The van der Waals surface area contributed by atoms with Crippen LogP contribution >= 0.6 is 0 Å². The number of carbonyl (C=O) groups is 1. The van der Waals surface area contributed by atoms with E-state index in [1.807, 2.05) is 0 Å². The lowest BCUT2D eigenvalue weighted by Crippen LogP contribution is -2.48. The third-order valence-corrected chi connectivity index (χ3v) is 6.78. The normalized spacial score (nSPS) is 14.1. The molecular weight excluding hydrogens is 438 g/mol. The molecule has 0 spiro atoms. The summed E-state index contributed by atoms with van der Waals surface area (Å²) in [7, 11) is -7.36.